The van der Waals surface area contributed by atoms with Gasteiger partial charge in [-0.3, -0.25) is 9.78 Å². The summed E-state index contributed by atoms with van der Waals surface area (Å²) in [5, 5.41) is 3.06. The number of alkyl halides is 3. The summed E-state index contributed by atoms with van der Waals surface area (Å²) >= 11 is 0. The normalized spacial score (nSPS) is 11.4. The van der Waals surface area contributed by atoms with Gasteiger partial charge in [0.25, 0.3) is 5.91 Å². The van der Waals surface area contributed by atoms with E-state index in [0.717, 1.165) is 0 Å². The second kappa shape index (κ2) is 7.18. The lowest BCUT2D eigenvalue weighted by molar-refractivity contribution is -0.154. The van der Waals surface area contributed by atoms with Crippen LogP contribution in [0.25, 0.3) is 10.9 Å². The van der Waals surface area contributed by atoms with E-state index < -0.39 is 24.5 Å². The molecule has 2 heterocycles. The van der Waals surface area contributed by atoms with Gasteiger partial charge >= 0.3 is 6.18 Å². The van der Waals surface area contributed by atoms with E-state index in [1.807, 2.05) is 0 Å². The van der Waals surface area contributed by atoms with Crippen molar-refractivity contribution in [1.82, 2.24) is 9.97 Å². The largest absolute Gasteiger partial charge is 0.468 e. The van der Waals surface area contributed by atoms with Gasteiger partial charge in [0.05, 0.1) is 23.0 Å². The van der Waals surface area contributed by atoms with E-state index in [1.54, 1.807) is 13.0 Å². The van der Waals surface area contributed by atoms with Crippen molar-refractivity contribution in [3.8, 4) is 5.88 Å². The molecule has 0 aliphatic heterocycles. The third-order valence-corrected chi connectivity index (χ3v) is 3.52. The van der Waals surface area contributed by atoms with Crippen LogP contribution in [0.3, 0.4) is 0 Å². The maximum absolute atomic E-state index is 13.4. The van der Waals surface area contributed by atoms with Crippen LogP contribution in [0, 0.1) is 12.7 Å². The van der Waals surface area contributed by atoms with Crippen molar-refractivity contribution in [1.29, 1.82) is 0 Å². The van der Waals surface area contributed by atoms with Crippen molar-refractivity contribution in [2.45, 2.75) is 13.1 Å². The number of ether oxygens (including phenoxy) is 1. The van der Waals surface area contributed by atoms with Gasteiger partial charge in [0.2, 0.25) is 5.88 Å². The summed E-state index contributed by atoms with van der Waals surface area (Å²) in [6.07, 6.45) is -3.28. The molecule has 0 atom stereocenters. The minimum Gasteiger partial charge on any atom is -0.468 e. The molecule has 0 unspecified atom stereocenters. The first kappa shape index (κ1) is 18.6. The van der Waals surface area contributed by atoms with Crippen LogP contribution in [-0.4, -0.2) is 28.7 Å². The van der Waals surface area contributed by atoms with Crippen LogP contribution in [0.15, 0.2) is 42.6 Å². The molecule has 0 saturated carbocycles. The van der Waals surface area contributed by atoms with Crippen LogP contribution in [-0.2, 0) is 0 Å². The zero-order valence-corrected chi connectivity index (χ0v) is 14.0. The number of nitrogens with zero attached hydrogens (tertiary/aromatic N) is 2. The molecule has 0 aliphatic carbocycles. The summed E-state index contributed by atoms with van der Waals surface area (Å²) in [7, 11) is 0. The Morgan fingerprint density at radius 1 is 1.19 bits per heavy atom. The topological polar surface area (TPSA) is 64.1 Å². The number of rotatable bonds is 4. The molecule has 5 nitrogen and oxygen atoms in total. The van der Waals surface area contributed by atoms with Gasteiger partial charge in [0.1, 0.15) is 5.82 Å². The predicted molar refractivity (Wildman–Crippen MR) is 90.2 cm³/mol. The van der Waals surface area contributed by atoms with E-state index in [4.69, 9.17) is 0 Å². The summed E-state index contributed by atoms with van der Waals surface area (Å²) in [4.78, 5) is 20.5. The highest BCUT2D eigenvalue weighted by molar-refractivity contribution is 6.12. The van der Waals surface area contributed by atoms with Crippen LogP contribution < -0.4 is 10.1 Å². The zero-order chi connectivity index (χ0) is 19.6. The number of carbonyl (C=O) groups excluding carboxylic acids is 1. The summed E-state index contributed by atoms with van der Waals surface area (Å²) in [6.45, 7) is 0.222. The molecular weight excluding hydrogens is 366 g/mol. The number of pyridine rings is 2. The van der Waals surface area contributed by atoms with Crippen molar-refractivity contribution in [2.24, 2.45) is 0 Å². The van der Waals surface area contributed by atoms with Gasteiger partial charge in [-0.05, 0) is 31.2 Å². The molecule has 3 rings (SSSR count). The molecule has 0 fully saturated rings. The van der Waals surface area contributed by atoms with Crippen molar-refractivity contribution in [3.05, 3.63) is 59.7 Å². The molecule has 0 aliphatic rings. The first-order valence-corrected chi connectivity index (χ1v) is 7.75. The Kier molecular flexibility index (Phi) is 4.93. The van der Waals surface area contributed by atoms with Crippen molar-refractivity contribution < 1.29 is 27.1 Å². The lowest BCUT2D eigenvalue weighted by atomic mass is 10.1. The van der Waals surface area contributed by atoms with E-state index in [9.17, 15) is 22.4 Å². The average molecular weight is 379 g/mol. The van der Waals surface area contributed by atoms with Crippen molar-refractivity contribution in [2.75, 3.05) is 11.9 Å². The fourth-order valence-electron chi connectivity index (χ4n) is 2.42. The second-order valence-electron chi connectivity index (χ2n) is 5.72. The van der Waals surface area contributed by atoms with E-state index >= 15 is 0 Å². The fourth-order valence-corrected chi connectivity index (χ4v) is 2.42. The first-order chi connectivity index (χ1) is 12.7. The van der Waals surface area contributed by atoms with E-state index in [-0.39, 0.29) is 17.1 Å². The lowest BCUT2D eigenvalue weighted by Crippen LogP contribution is -2.19. The maximum atomic E-state index is 13.4. The molecule has 27 heavy (non-hydrogen) atoms. The highest BCUT2D eigenvalue weighted by atomic mass is 19.4. The Hall–Kier alpha value is -3.23. The average Bonchev–Trinajstić information content (AvgIpc) is 2.59. The minimum absolute atomic E-state index is 0.217. The standard InChI is InChI=1S/C18H13F4N3O2/c1-10-6-14(13-4-2-11(19)7-15(13)24-10)17(26)25-12-3-5-16(23-8-12)27-9-18(20,21)22/h2-8H,9H2,1H3,(H,25,26). The molecule has 3 aromatic rings. The monoisotopic (exact) mass is 379 g/mol. The quantitative estimate of drug-likeness (QED) is 0.688. The smallest absolute Gasteiger partial charge is 0.422 e. The maximum Gasteiger partial charge on any atom is 0.422 e. The molecule has 0 saturated heterocycles. The molecule has 0 spiro atoms. The fraction of sp³-hybridized carbons (Fsp3) is 0.167. The van der Waals surface area contributed by atoms with Crippen molar-refractivity contribution in [3.63, 3.8) is 0 Å². The van der Waals surface area contributed by atoms with E-state index in [1.165, 1.54) is 36.5 Å². The summed E-state index contributed by atoms with van der Waals surface area (Å²) in [6, 6.07) is 8.05. The van der Waals surface area contributed by atoms with Crippen LogP contribution >= 0.6 is 0 Å². The van der Waals surface area contributed by atoms with Gasteiger partial charge in [0.15, 0.2) is 6.61 Å². The van der Waals surface area contributed by atoms with Crippen LogP contribution in [0.2, 0.25) is 0 Å². The zero-order valence-electron chi connectivity index (χ0n) is 14.0. The summed E-state index contributed by atoms with van der Waals surface area (Å²) in [5.41, 5.74) is 1.43. The number of nitrogens with one attached hydrogen (secondary N) is 1. The summed E-state index contributed by atoms with van der Waals surface area (Å²) < 4.78 is 54.3. The predicted octanol–water partition coefficient (Wildman–Crippen LogP) is 4.27. The number of hydrogen-bond donors (Lipinski definition) is 1. The Bertz CT molecular complexity index is 983. The van der Waals surface area contributed by atoms with Gasteiger partial charge in [-0.25, -0.2) is 9.37 Å². The molecule has 0 bridgehead atoms. The number of fused-ring (bicyclic) bond motifs is 1. The SMILES string of the molecule is Cc1cc(C(=O)Nc2ccc(OCC(F)(F)F)nc2)c2ccc(F)cc2n1. The molecule has 1 N–H and O–H groups in total. The van der Waals surface area contributed by atoms with Crippen LogP contribution in [0.1, 0.15) is 16.1 Å². The van der Waals surface area contributed by atoms with E-state index in [2.05, 4.69) is 20.0 Å². The number of hydrogen-bond acceptors (Lipinski definition) is 4. The highest BCUT2D eigenvalue weighted by Crippen LogP contribution is 2.22. The van der Waals surface area contributed by atoms with Gasteiger partial charge in [-0.2, -0.15) is 13.2 Å². The minimum atomic E-state index is -4.46. The molecule has 1 aromatic carbocycles. The number of benzene rings is 1. The number of carbonyl (C=O) groups is 1. The molecule has 140 valence electrons. The van der Waals surface area contributed by atoms with Gasteiger partial charge in [-0.1, -0.05) is 0 Å². The number of halogens is 4. The van der Waals surface area contributed by atoms with Gasteiger partial charge in [0, 0.05) is 23.2 Å². The number of anilines is 1. The van der Waals surface area contributed by atoms with E-state index in [0.29, 0.717) is 16.6 Å². The Labute approximate surface area is 151 Å². The first-order valence-electron chi connectivity index (χ1n) is 7.75. The van der Waals surface area contributed by atoms with Crippen LogP contribution in [0.4, 0.5) is 23.2 Å². The molecule has 0 radical (unpaired) electrons. The highest BCUT2D eigenvalue weighted by Gasteiger charge is 2.28. The number of aryl methyl sites for hydroxylation is 1. The number of aromatic nitrogens is 2. The molecule has 2 aromatic heterocycles. The number of amides is 1. The molecule has 1 amide bonds. The van der Waals surface area contributed by atoms with Crippen LogP contribution in [0.5, 0.6) is 5.88 Å². The lowest BCUT2D eigenvalue weighted by Gasteiger charge is -2.10. The Morgan fingerprint density at radius 3 is 2.63 bits per heavy atom. The third kappa shape index (κ3) is 4.69. The van der Waals surface area contributed by atoms with Gasteiger partial charge in [-0.15, -0.1) is 0 Å². The summed E-state index contributed by atoms with van der Waals surface area (Å²) in [5.74, 6) is -1.17. The third-order valence-electron chi connectivity index (χ3n) is 3.52. The molecule has 9 heteroatoms. The Morgan fingerprint density at radius 2 is 1.96 bits per heavy atom. The van der Waals surface area contributed by atoms with Crippen molar-refractivity contribution >= 4 is 22.5 Å². The Balaban J connectivity index is 1.79. The molecular formula is C18H13F4N3O2. The van der Waals surface area contributed by atoms with Gasteiger partial charge < -0.3 is 10.1 Å². The second-order valence-corrected chi connectivity index (χ2v) is 5.72.